The van der Waals surface area contributed by atoms with E-state index in [1.54, 1.807) is 12.4 Å². The van der Waals surface area contributed by atoms with Crippen molar-refractivity contribution in [1.29, 1.82) is 5.26 Å². The Bertz CT molecular complexity index is 940. The molecule has 0 fully saturated rings. The molecule has 0 amide bonds. The summed E-state index contributed by atoms with van der Waals surface area (Å²) in [6.45, 7) is 5.96. The number of nitrogens with zero attached hydrogens (tertiary/aromatic N) is 4. The molecular weight excluding hydrogens is 316 g/mol. The van der Waals surface area contributed by atoms with Crippen LogP contribution < -0.4 is 5.32 Å². The molecule has 0 aromatic carbocycles. The van der Waals surface area contributed by atoms with Crippen molar-refractivity contribution in [2.45, 2.75) is 26.8 Å². The monoisotopic (exact) mass is 336 g/mol. The molecule has 0 aliphatic heterocycles. The van der Waals surface area contributed by atoms with Gasteiger partial charge in [-0.25, -0.2) is 15.0 Å². The van der Waals surface area contributed by atoms with E-state index in [4.69, 9.17) is 0 Å². The van der Waals surface area contributed by atoms with Crippen LogP contribution in [0.5, 0.6) is 0 Å². The fraction of sp³-hybridized carbons (Fsp3) is 0.333. The fourth-order valence-corrected chi connectivity index (χ4v) is 2.63. The Kier molecular flexibility index (Phi) is 4.63. The highest BCUT2D eigenvalue weighted by Crippen LogP contribution is 2.29. The molecule has 25 heavy (non-hydrogen) atoms. The van der Waals surface area contributed by atoms with Crippen LogP contribution in [0.4, 0.5) is 5.95 Å². The predicted octanol–water partition coefficient (Wildman–Crippen LogP) is 2.63. The molecule has 1 unspecified atom stereocenters. The summed E-state index contributed by atoms with van der Waals surface area (Å²) in [5, 5.41) is 23.0. The van der Waals surface area contributed by atoms with Crippen molar-refractivity contribution in [2.24, 2.45) is 5.92 Å². The van der Waals surface area contributed by atoms with Gasteiger partial charge < -0.3 is 15.4 Å². The van der Waals surface area contributed by atoms with Crippen LogP contribution in [-0.2, 0) is 0 Å². The highest BCUT2D eigenvalue weighted by atomic mass is 16.3. The Labute approximate surface area is 145 Å². The molecule has 0 aliphatic rings. The van der Waals surface area contributed by atoms with Gasteiger partial charge in [-0.3, -0.25) is 0 Å². The molecule has 7 nitrogen and oxygen atoms in total. The zero-order valence-corrected chi connectivity index (χ0v) is 14.4. The van der Waals surface area contributed by atoms with E-state index in [1.165, 1.54) is 6.20 Å². The van der Waals surface area contributed by atoms with Crippen LogP contribution in [0.15, 0.2) is 24.7 Å². The topological polar surface area (TPSA) is 111 Å². The standard InChI is InChI=1S/C18H20N6O/c1-10(2)15(9-25)23-18-22-7-12(5-19)16(24-18)14-8-21-17-13(14)4-11(3)6-20-17/h4,6-8,10,15,25H,9H2,1-3H3,(H,20,21)(H,22,23,24). The summed E-state index contributed by atoms with van der Waals surface area (Å²) in [7, 11) is 0. The number of nitrogens with one attached hydrogen (secondary N) is 2. The summed E-state index contributed by atoms with van der Waals surface area (Å²) >= 11 is 0. The van der Waals surface area contributed by atoms with E-state index in [2.05, 4.69) is 31.3 Å². The average molecular weight is 336 g/mol. The number of hydrogen-bond donors (Lipinski definition) is 3. The molecule has 3 rings (SSSR count). The smallest absolute Gasteiger partial charge is 0.223 e. The molecule has 0 saturated carbocycles. The number of aliphatic hydroxyl groups is 1. The molecule has 0 aliphatic carbocycles. The normalized spacial score (nSPS) is 12.3. The van der Waals surface area contributed by atoms with Gasteiger partial charge in [0.1, 0.15) is 11.7 Å². The minimum absolute atomic E-state index is 0.0213. The highest BCUT2D eigenvalue weighted by Gasteiger charge is 2.17. The molecular formula is C18H20N6O. The van der Waals surface area contributed by atoms with Crippen molar-refractivity contribution in [2.75, 3.05) is 11.9 Å². The van der Waals surface area contributed by atoms with Gasteiger partial charge in [-0.15, -0.1) is 0 Å². The number of hydrogen-bond acceptors (Lipinski definition) is 6. The molecule has 3 aromatic rings. The molecule has 0 saturated heterocycles. The number of aromatic nitrogens is 4. The summed E-state index contributed by atoms with van der Waals surface area (Å²) in [5.74, 6) is 0.601. The molecule has 0 bridgehead atoms. The Balaban J connectivity index is 2.09. The third-order valence-electron chi connectivity index (χ3n) is 4.15. The van der Waals surface area contributed by atoms with Gasteiger partial charge in [-0.05, 0) is 24.5 Å². The van der Waals surface area contributed by atoms with Crippen LogP contribution in [0.25, 0.3) is 22.3 Å². The predicted molar refractivity (Wildman–Crippen MR) is 95.9 cm³/mol. The number of rotatable bonds is 5. The summed E-state index contributed by atoms with van der Waals surface area (Å²) < 4.78 is 0. The van der Waals surface area contributed by atoms with Crippen LogP contribution in [-0.4, -0.2) is 37.7 Å². The number of H-pyrrole nitrogens is 1. The lowest BCUT2D eigenvalue weighted by molar-refractivity contribution is 0.248. The van der Waals surface area contributed by atoms with Crippen molar-refractivity contribution in [3.8, 4) is 17.3 Å². The molecule has 0 radical (unpaired) electrons. The van der Waals surface area contributed by atoms with Crippen LogP contribution in [0.2, 0.25) is 0 Å². The van der Waals surface area contributed by atoms with E-state index in [0.717, 1.165) is 22.2 Å². The number of fused-ring (bicyclic) bond motifs is 1. The van der Waals surface area contributed by atoms with Crippen molar-refractivity contribution < 1.29 is 5.11 Å². The lowest BCUT2D eigenvalue weighted by Crippen LogP contribution is -2.30. The summed E-state index contributed by atoms with van der Waals surface area (Å²) in [6, 6.07) is 3.99. The number of aliphatic hydroxyl groups excluding tert-OH is 1. The highest BCUT2D eigenvalue weighted by molar-refractivity contribution is 5.94. The van der Waals surface area contributed by atoms with Crippen LogP contribution in [0, 0.1) is 24.2 Å². The fourth-order valence-electron chi connectivity index (χ4n) is 2.63. The van der Waals surface area contributed by atoms with Crippen molar-refractivity contribution in [1.82, 2.24) is 19.9 Å². The molecule has 128 valence electrons. The van der Waals surface area contributed by atoms with Crippen molar-refractivity contribution in [3.63, 3.8) is 0 Å². The second-order valence-corrected chi connectivity index (χ2v) is 6.36. The SMILES string of the molecule is Cc1cnc2[nH]cc(-c3nc(NC(CO)C(C)C)ncc3C#N)c2c1. The van der Waals surface area contributed by atoms with Gasteiger partial charge in [0.25, 0.3) is 0 Å². The zero-order valence-electron chi connectivity index (χ0n) is 14.4. The van der Waals surface area contributed by atoms with Gasteiger partial charge in [-0.2, -0.15) is 5.26 Å². The minimum atomic E-state index is -0.160. The van der Waals surface area contributed by atoms with Gasteiger partial charge in [0.05, 0.1) is 30.1 Å². The van der Waals surface area contributed by atoms with Gasteiger partial charge in [0.15, 0.2) is 0 Å². The maximum absolute atomic E-state index is 9.50. The molecule has 0 spiro atoms. The number of aryl methyl sites for hydroxylation is 1. The van der Waals surface area contributed by atoms with Crippen LogP contribution in [0.3, 0.4) is 0 Å². The van der Waals surface area contributed by atoms with Gasteiger partial charge in [-0.1, -0.05) is 13.8 Å². The zero-order chi connectivity index (χ0) is 18.0. The minimum Gasteiger partial charge on any atom is -0.394 e. The molecule has 3 heterocycles. The van der Waals surface area contributed by atoms with Gasteiger partial charge in [0.2, 0.25) is 5.95 Å². The Morgan fingerprint density at radius 1 is 1.32 bits per heavy atom. The van der Waals surface area contributed by atoms with E-state index < -0.39 is 0 Å². The largest absolute Gasteiger partial charge is 0.394 e. The third kappa shape index (κ3) is 3.30. The first kappa shape index (κ1) is 16.9. The molecule has 1 atom stereocenters. The lowest BCUT2D eigenvalue weighted by Gasteiger charge is -2.20. The summed E-state index contributed by atoms with van der Waals surface area (Å²) in [4.78, 5) is 16.2. The second-order valence-electron chi connectivity index (χ2n) is 6.36. The third-order valence-corrected chi connectivity index (χ3v) is 4.15. The molecule has 7 heteroatoms. The van der Waals surface area contributed by atoms with E-state index in [1.807, 2.05) is 26.8 Å². The first-order valence-corrected chi connectivity index (χ1v) is 8.12. The first-order valence-electron chi connectivity index (χ1n) is 8.12. The van der Waals surface area contributed by atoms with Gasteiger partial charge in [0, 0.05) is 23.3 Å². The quantitative estimate of drug-likeness (QED) is 0.660. The average Bonchev–Trinajstić information content (AvgIpc) is 3.02. The van der Waals surface area contributed by atoms with E-state index in [0.29, 0.717) is 17.2 Å². The van der Waals surface area contributed by atoms with Gasteiger partial charge >= 0.3 is 0 Å². The number of nitriles is 1. The van der Waals surface area contributed by atoms with E-state index in [-0.39, 0.29) is 18.6 Å². The Hall–Kier alpha value is -2.98. The van der Waals surface area contributed by atoms with Crippen molar-refractivity contribution in [3.05, 3.63) is 35.8 Å². The van der Waals surface area contributed by atoms with Crippen LogP contribution in [0.1, 0.15) is 25.0 Å². The van der Waals surface area contributed by atoms with E-state index in [9.17, 15) is 10.4 Å². The number of aromatic amines is 1. The maximum Gasteiger partial charge on any atom is 0.223 e. The summed E-state index contributed by atoms with van der Waals surface area (Å²) in [6.07, 6.45) is 5.09. The first-order chi connectivity index (χ1) is 12.0. The summed E-state index contributed by atoms with van der Waals surface area (Å²) in [5.41, 5.74) is 3.50. The molecule has 3 N–H and O–H groups in total. The number of pyridine rings is 1. The lowest BCUT2D eigenvalue weighted by atomic mass is 10.1. The Morgan fingerprint density at radius 2 is 2.12 bits per heavy atom. The van der Waals surface area contributed by atoms with Crippen LogP contribution >= 0.6 is 0 Å². The van der Waals surface area contributed by atoms with E-state index >= 15 is 0 Å². The maximum atomic E-state index is 9.50. The van der Waals surface area contributed by atoms with Crippen molar-refractivity contribution >= 4 is 17.0 Å². The molecule has 3 aromatic heterocycles. The second kappa shape index (κ2) is 6.87. The number of anilines is 1. The Morgan fingerprint density at radius 3 is 2.80 bits per heavy atom.